The molecule has 1 aliphatic rings. The molecule has 0 aliphatic carbocycles. The predicted octanol–water partition coefficient (Wildman–Crippen LogP) is 0.713. The molecule has 6 nitrogen and oxygen atoms in total. The Bertz CT molecular complexity index is 605. The first-order valence-electron chi connectivity index (χ1n) is 6.22. The van der Waals surface area contributed by atoms with Crippen LogP contribution in [-0.4, -0.2) is 27.2 Å². The van der Waals surface area contributed by atoms with E-state index in [0.29, 0.717) is 17.9 Å². The third-order valence-corrected chi connectivity index (χ3v) is 3.25. The molecule has 1 amide bonds. The van der Waals surface area contributed by atoms with Crippen molar-refractivity contribution in [2.75, 3.05) is 11.9 Å². The van der Waals surface area contributed by atoms with E-state index in [0.717, 1.165) is 24.2 Å². The monoisotopic (exact) mass is 257 g/mol. The molecule has 3 rings (SSSR count). The van der Waals surface area contributed by atoms with Gasteiger partial charge in [-0.15, -0.1) is 0 Å². The summed E-state index contributed by atoms with van der Waals surface area (Å²) in [5, 5.41) is 10.4. The smallest absolute Gasteiger partial charge is 0.276 e. The molecule has 0 bridgehead atoms. The summed E-state index contributed by atoms with van der Waals surface area (Å²) in [6.45, 7) is 1.62. The van der Waals surface area contributed by atoms with E-state index in [9.17, 15) is 4.79 Å². The zero-order valence-electron chi connectivity index (χ0n) is 10.7. The predicted molar refractivity (Wildman–Crippen MR) is 70.8 cm³/mol. The maximum Gasteiger partial charge on any atom is 0.276 e. The van der Waals surface area contributed by atoms with Gasteiger partial charge in [0.1, 0.15) is 0 Å². The molecule has 19 heavy (non-hydrogen) atoms. The van der Waals surface area contributed by atoms with Gasteiger partial charge < -0.3 is 10.6 Å². The lowest BCUT2D eigenvalue weighted by Gasteiger charge is -2.14. The molecule has 98 valence electrons. The standard InChI is InChI=1S/C13H15N5O/c1-18-11-4-6-15-8-10(11)12(17-18)13(19)16-9-3-2-5-14-7-9/h2-3,5,7,15H,4,6,8H2,1H3,(H,16,19). The van der Waals surface area contributed by atoms with Crippen LogP contribution in [0.5, 0.6) is 0 Å². The van der Waals surface area contributed by atoms with Gasteiger partial charge in [0.15, 0.2) is 5.69 Å². The zero-order valence-corrected chi connectivity index (χ0v) is 10.7. The molecule has 2 aromatic rings. The first-order chi connectivity index (χ1) is 9.25. The fourth-order valence-corrected chi connectivity index (χ4v) is 2.33. The molecule has 0 aromatic carbocycles. The Morgan fingerprint density at radius 2 is 2.42 bits per heavy atom. The fraction of sp³-hybridized carbons (Fsp3) is 0.308. The summed E-state index contributed by atoms with van der Waals surface area (Å²) in [6.07, 6.45) is 4.19. The van der Waals surface area contributed by atoms with E-state index in [2.05, 4.69) is 20.7 Å². The van der Waals surface area contributed by atoms with Crippen molar-refractivity contribution in [3.8, 4) is 0 Å². The summed E-state index contributed by atoms with van der Waals surface area (Å²) in [6, 6.07) is 3.59. The number of aryl methyl sites for hydroxylation is 1. The van der Waals surface area contributed by atoms with Crippen LogP contribution in [0.1, 0.15) is 21.7 Å². The van der Waals surface area contributed by atoms with Crippen molar-refractivity contribution in [2.24, 2.45) is 7.05 Å². The molecule has 0 fully saturated rings. The van der Waals surface area contributed by atoms with Crippen molar-refractivity contribution in [1.29, 1.82) is 0 Å². The average Bonchev–Trinajstić information content (AvgIpc) is 2.78. The first kappa shape index (κ1) is 11.9. The molecule has 0 saturated heterocycles. The van der Waals surface area contributed by atoms with Crippen molar-refractivity contribution >= 4 is 11.6 Å². The fourth-order valence-electron chi connectivity index (χ4n) is 2.33. The van der Waals surface area contributed by atoms with Gasteiger partial charge in [-0.1, -0.05) is 0 Å². The lowest BCUT2D eigenvalue weighted by Crippen LogP contribution is -2.26. The Morgan fingerprint density at radius 1 is 1.53 bits per heavy atom. The van der Waals surface area contributed by atoms with Gasteiger partial charge in [-0.25, -0.2) is 0 Å². The molecule has 1 aliphatic heterocycles. The van der Waals surface area contributed by atoms with Crippen molar-refractivity contribution in [2.45, 2.75) is 13.0 Å². The summed E-state index contributed by atoms with van der Waals surface area (Å²) in [5.41, 5.74) is 3.30. The highest BCUT2D eigenvalue weighted by molar-refractivity contribution is 6.04. The Kier molecular flexibility index (Phi) is 3.00. The van der Waals surface area contributed by atoms with Gasteiger partial charge in [-0.2, -0.15) is 5.10 Å². The first-order valence-corrected chi connectivity index (χ1v) is 6.22. The maximum absolute atomic E-state index is 12.3. The summed E-state index contributed by atoms with van der Waals surface area (Å²) >= 11 is 0. The minimum absolute atomic E-state index is 0.187. The van der Waals surface area contributed by atoms with Crippen LogP contribution in [0, 0.1) is 0 Å². The van der Waals surface area contributed by atoms with E-state index < -0.39 is 0 Å². The van der Waals surface area contributed by atoms with Gasteiger partial charge in [0.25, 0.3) is 5.91 Å². The SMILES string of the molecule is Cn1nc(C(=O)Nc2cccnc2)c2c1CCNC2. The van der Waals surface area contributed by atoms with Crippen LogP contribution in [0.25, 0.3) is 0 Å². The number of pyridine rings is 1. The highest BCUT2D eigenvalue weighted by Crippen LogP contribution is 2.18. The maximum atomic E-state index is 12.3. The lowest BCUT2D eigenvalue weighted by atomic mass is 10.1. The average molecular weight is 257 g/mol. The van der Waals surface area contributed by atoms with E-state index >= 15 is 0 Å². The van der Waals surface area contributed by atoms with Crippen molar-refractivity contribution in [3.63, 3.8) is 0 Å². The quantitative estimate of drug-likeness (QED) is 0.831. The molecule has 6 heteroatoms. The molecule has 2 aromatic heterocycles. The van der Waals surface area contributed by atoms with Gasteiger partial charge >= 0.3 is 0 Å². The highest BCUT2D eigenvalue weighted by atomic mass is 16.2. The van der Waals surface area contributed by atoms with Crippen LogP contribution in [-0.2, 0) is 20.0 Å². The minimum atomic E-state index is -0.187. The Labute approximate surface area is 110 Å². The van der Waals surface area contributed by atoms with E-state index in [1.165, 1.54) is 0 Å². The van der Waals surface area contributed by atoms with E-state index in [-0.39, 0.29) is 5.91 Å². The number of hydrogen-bond acceptors (Lipinski definition) is 4. The highest BCUT2D eigenvalue weighted by Gasteiger charge is 2.23. The van der Waals surface area contributed by atoms with E-state index in [4.69, 9.17) is 0 Å². The summed E-state index contributed by atoms with van der Waals surface area (Å²) < 4.78 is 1.80. The van der Waals surface area contributed by atoms with Crippen molar-refractivity contribution in [1.82, 2.24) is 20.1 Å². The van der Waals surface area contributed by atoms with Gasteiger partial charge in [0, 0.05) is 44.0 Å². The van der Waals surface area contributed by atoms with Gasteiger partial charge in [0.2, 0.25) is 0 Å². The van der Waals surface area contributed by atoms with Crippen LogP contribution >= 0.6 is 0 Å². The molecular weight excluding hydrogens is 242 g/mol. The van der Waals surface area contributed by atoms with Crippen LogP contribution < -0.4 is 10.6 Å². The second-order valence-corrected chi connectivity index (χ2v) is 4.52. The number of anilines is 1. The number of fused-ring (bicyclic) bond motifs is 1. The van der Waals surface area contributed by atoms with Crippen LogP contribution in [0.2, 0.25) is 0 Å². The number of aromatic nitrogens is 3. The third-order valence-electron chi connectivity index (χ3n) is 3.25. The molecule has 0 unspecified atom stereocenters. The van der Waals surface area contributed by atoms with E-state index in [1.54, 1.807) is 29.2 Å². The zero-order chi connectivity index (χ0) is 13.2. The van der Waals surface area contributed by atoms with Crippen molar-refractivity contribution in [3.05, 3.63) is 41.5 Å². The number of hydrogen-bond donors (Lipinski definition) is 2. The van der Waals surface area contributed by atoms with E-state index in [1.807, 2.05) is 7.05 Å². The largest absolute Gasteiger partial charge is 0.319 e. The summed E-state index contributed by atoms with van der Waals surface area (Å²) in [4.78, 5) is 16.2. The number of carbonyl (C=O) groups excluding carboxylic acids is 1. The second-order valence-electron chi connectivity index (χ2n) is 4.52. The summed E-state index contributed by atoms with van der Waals surface area (Å²) in [5.74, 6) is -0.187. The Hall–Kier alpha value is -2.21. The number of carbonyl (C=O) groups is 1. The van der Waals surface area contributed by atoms with Crippen LogP contribution in [0.4, 0.5) is 5.69 Å². The van der Waals surface area contributed by atoms with Crippen molar-refractivity contribution < 1.29 is 4.79 Å². The molecule has 0 radical (unpaired) electrons. The molecule has 0 spiro atoms. The van der Waals surface area contributed by atoms with Crippen LogP contribution in [0.3, 0.4) is 0 Å². The second kappa shape index (κ2) is 4.81. The number of rotatable bonds is 2. The minimum Gasteiger partial charge on any atom is -0.319 e. The number of nitrogens with zero attached hydrogens (tertiary/aromatic N) is 3. The number of nitrogens with one attached hydrogen (secondary N) is 2. The molecule has 0 saturated carbocycles. The molecule has 3 heterocycles. The number of amides is 1. The Balaban J connectivity index is 1.88. The molecule has 2 N–H and O–H groups in total. The third kappa shape index (κ3) is 2.22. The molecular formula is C13H15N5O. The van der Waals surface area contributed by atoms with Crippen LogP contribution in [0.15, 0.2) is 24.5 Å². The summed E-state index contributed by atoms with van der Waals surface area (Å²) in [7, 11) is 1.88. The Morgan fingerprint density at radius 3 is 3.21 bits per heavy atom. The molecule has 0 atom stereocenters. The van der Waals surface area contributed by atoms with Gasteiger partial charge in [-0.05, 0) is 12.1 Å². The topological polar surface area (TPSA) is 71.8 Å². The van der Waals surface area contributed by atoms with Gasteiger partial charge in [-0.3, -0.25) is 14.5 Å². The normalized spacial score (nSPS) is 13.9. The van der Waals surface area contributed by atoms with Gasteiger partial charge in [0.05, 0.1) is 11.9 Å². The lowest BCUT2D eigenvalue weighted by molar-refractivity contribution is 0.102.